The molecule has 0 bridgehead atoms. The van der Waals surface area contributed by atoms with E-state index in [-0.39, 0.29) is 5.41 Å². The molecule has 0 saturated carbocycles. The van der Waals surface area contributed by atoms with Gasteiger partial charge in [0, 0.05) is 23.4 Å². The van der Waals surface area contributed by atoms with Crippen LogP contribution in [0.15, 0.2) is 60.9 Å². The maximum atomic E-state index is 10.7. The minimum absolute atomic E-state index is 0.0343. The predicted molar refractivity (Wildman–Crippen MR) is 151 cm³/mol. The summed E-state index contributed by atoms with van der Waals surface area (Å²) in [5, 5.41) is 10.7. The summed E-state index contributed by atoms with van der Waals surface area (Å²) in [6.07, 6.45) is 12.5. The van der Waals surface area contributed by atoms with Gasteiger partial charge in [0.15, 0.2) is 0 Å². The summed E-state index contributed by atoms with van der Waals surface area (Å²) >= 11 is 0. The third kappa shape index (κ3) is 5.59. The first-order chi connectivity index (χ1) is 16.8. The SMILES string of the molecule is CCc1cncc(-c2ccc(C(CC)(CC)c3ccc(C=CC(O)(CC)CC)c(C)c3)cc2C)c1. The van der Waals surface area contributed by atoms with Gasteiger partial charge >= 0.3 is 0 Å². The fourth-order valence-corrected chi connectivity index (χ4v) is 5.24. The highest BCUT2D eigenvalue weighted by Crippen LogP contribution is 2.41. The summed E-state index contributed by atoms with van der Waals surface area (Å²) in [5.41, 5.74) is 9.40. The maximum Gasteiger partial charge on any atom is 0.0825 e. The summed E-state index contributed by atoms with van der Waals surface area (Å²) in [4.78, 5) is 4.46. The van der Waals surface area contributed by atoms with Gasteiger partial charge in [0.25, 0.3) is 0 Å². The number of hydrogen-bond donors (Lipinski definition) is 1. The molecule has 0 aliphatic carbocycles. The molecule has 1 heterocycles. The third-order valence-corrected chi connectivity index (χ3v) is 8.12. The van der Waals surface area contributed by atoms with Gasteiger partial charge in [-0.15, -0.1) is 0 Å². The fourth-order valence-electron chi connectivity index (χ4n) is 5.24. The van der Waals surface area contributed by atoms with Gasteiger partial charge in [-0.2, -0.15) is 0 Å². The summed E-state index contributed by atoms with van der Waals surface area (Å²) in [7, 11) is 0. The van der Waals surface area contributed by atoms with E-state index in [1.165, 1.54) is 44.5 Å². The minimum Gasteiger partial charge on any atom is -0.386 e. The van der Waals surface area contributed by atoms with Gasteiger partial charge in [-0.25, -0.2) is 0 Å². The lowest BCUT2D eigenvalue weighted by molar-refractivity contribution is 0.0836. The van der Waals surface area contributed by atoms with Crippen molar-refractivity contribution in [1.82, 2.24) is 4.98 Å². The number of rotatable bonds is 10. The Balaban J connectivity index is 2.01. The van der Waals surface area contributed by atoms with Crippen molar-refractivity contribution in [2.45, 2.75) is 91.6 Å². The molecule has 0 unspecified atom stereocenters. The van der Waals surface area contributed by atoms with Crippen LogP contribution in [0.2, 0.25) is 0 Å². The van der Waals surface area contributed by atoms with E-state index in [4.69, 9.17) is 0 Å². The van der Waals surface area contributed by atoms with E-state index in [0.29, 0.717) is 0 Å². The molecule has 2 aromatic carbocycles. The van der Waals surface area contributed by atoms with Crippen molar-refractivity contribution in [2.24, 2.45) is 0 Å². The van der Waals surface area contributed by atoms with Gasteiger partial charge in [-0.1, -0.05) is 83.2 Å². The molecule has 0 amide bonds. The smallest absolute Gasteiger partial charge is 0.0825 e. The van der Waals surface area contributed by atoms with Gasteiger partial charge < -0.3 is 5.11 Å². The zero-order chi connectivity index (χ0) is 25.6. The molecule has 1 aromatic heterocycles. The first kappa shape index (κ1) is 26.9. The molecule has 35 heavy (non-hydrogen) atoms. The minimum atomic E-state index is -0.729. The Labute approximate surface area is 213 Å². The molecule has 0 atom stereocenters. The zero-order valence-electron chi connectivity index (χ0n) is 22.8. The van der Waals surface area contributed by atoms with E-state index >= 15 is 0 Å². The molecule has 0 saturated heterocycles. The lowest BCUT2D eigenvalue weighted by atomic mass is 9.69. The number of nitrogens with zero attached hydrogens (tertiary/aromatic N) is 1. The Morgan fingerprint density at radius 2 is 1.40 bits per heavy atom. The van der Waals surface area contributed by atoms with Gasteiger partial charge in [0.1, 0.15) is 0 Å². The topological polar surface area (TPSA) is 33.1 Å². The van der Waals surface area contributed by atoms with E-state index < -0.39 is 5.60 Å². The van der Waals surface area contributed by atoms with E-state index in [9.17, 15) is 5.11 Å². The van der Waals surface area contributed by atoms with Crippen molar-refractivity contribution < 1.29 is 5.11 Å². The molecule has 0 fully saturated rings. The van der Waals surface area contributed by atoms with Crippen molar-refractivity contribution in [2.75, 3.05) is 0 Å². The number of hydrogen-bond acceptors (Lipinski definition) is 2. The highest BCUT2D eigenvalue weighted by molar-refractivity contribution is 5.68. The lowest BCUT2D eigenvalue weighted by Gasteiger charge is -2.34. The quantitative estimate of drug-likeness (QED) is 0.322. The average Bonchev–Trinajstić information content (AvgIpc) is 2.89. The molecule has 0 aliphatic rings. The molecular weight excluding hydrogens is 426 g/mol. The second-order valence-corrected chi connectivity index (χ2v) is 9.97. The Morgan fingerprint density at radius 1 is 0.771 bits per heavy atom. The fraction of sp³-hybridized carbons (Fsp3) is 0.424. The zero-order valence-corrected chi connectivity index (χ0v) is 22.8. The molecule has 186 valence electrons. The van der Waals surface area contributed by atoms with E-state index in [0.717, 1.165) is 32.1 Å². The Morgan fingerprint density at radius 3 is 1.94 bits per heavy atom. The van der Waals surface area contributed by atoms with Crippen LogP contribution in [0.5, 0.6) is 0 Å². The highest BCUT2D eigenvalue weighted by atomic mass is 16.3. The van der Waals surface area contributed by atoms with Crippen LogP contribution in [0.25, 0.3) is 17.2 Å². The van der Waals surface area contributed by atoms with E-state index in [1.54, 1.807) is 0 Å². The van der Waals surface area contributed by atoms with Gasteiger partial charge in [0.05, 0.1) is 5.60 Å². The van der Waals surface area contributed by atoms with Crippen molar-refractivity contribution >= 4 is 6.08 Å². The van der Waals surface area contributed by atoms with Crippen LogP contribution in [0.4, 0.5) is 0 Å². The predicted octanol–water partition coefficient (Wildman–Crippen LogP) is 8.60. The van der Waals surface area contributed by atoms with Crippen molar-refractivity contribution in [3.63, 3.8) is 0 Å². The summed E-state index contributed by atoms with van der Waals surface area (Å²) < 4.78 is 0. The number of aliphatic hydroxyl groups is 1. The Kier molecular flexibility index (Phi) is 8.72. The normalized spacial score (nSPS) is 12.5. The van der Waals surface area contributed by atoms with Crippen molar-refractivity contribution in [1.29, 1.82) is 0 Å². The summed E-state index contributed by atoms with van der Waals surface area (Å²) in [6, 6.07) is 16.1. The molecule has 3 rings (SSSR count). The van der Waals surface area contributed by atoms with E-state index in [2.05, 4.69) is 88.1 Å². The van der Waals surface area contributed by atoms with E-state index in [1.807, 2.05) is 32.3 Å². The summed E-state index contributed by atoms with van der Waals surface area (Å²) in [5.74, 6) is 0. The van der Waals surface area contributed by atoms with Crippen molar-refractivity contribution in [3.8, 4) is 11.1 Å². The van der Waals surface area contributed by atoms with Crippen LogP contribution in [0, 0.1) is 13.8 Å². The second kappa shape index (κ2) is 11.4. The second-order valence-electron chi connectivity index (χ2n) is 9.97. The molecular formula is C33H43NO. The van der Waals surface area contributed by atoms with Crippen molar-refractivity contribution in [3.05, 3.63) is 94.3 Å². The summed E-state index contributed by atoms with van der Waals surface area (Å²) in [6.45, 7) is 15.2. The number of aromatic nitrogens is 1. The highest BCUT2D eigenvalue weighted by Gasteiger charge is 2.31. The number of benzene rings is 2. The number of pyridine rings is 1. The van der Waals surface area contributed by atoms with Gasteiger partial charge in [0.2, 0.25) is 0 Å². The first-order valence-electron chi connectivity index (χ1n) is 13.3. The third-order valence-electron chi connectivity index (χ3n) is 8.12. The maximum absolute atomic E-state index is 10.7. The Hall–Kier alpha value is -2.71. The molecule has 1 N–H and O–H groups in total. The average molecular weight is 470 g/mol. The molecule has 3 aromatic rings. The van der Waals surface area contributed by atoms with Gasteiger partial charge in [-0.3, -0.25) is 4.98 Å². The molecule has 0 spiro atoms. The first-order valence-corrected chi connectivity index (χ1v) is 13.3. The standard InChI is InChI=1S/C33H43NO/c1-8-26-21-28(23-34-22-26)31-16-15-30(20-25(31)7)33(11-4,12-5)29-14-13-27(24(6)19-29)17-18-32(35,9-2)10-3/h13-23,35H,8-12H2,1-7H3. The van der Waals surface area contributed by atoms with Gasteiger partial charge in [-0.05, 0) is 91.0 Å². The molecule has 2 heteroatoms. The lowest BCUT2D eigenvalue weighted by Crippen LogP contribution is -2.26. The molecule has 2 nitrogen and oxygen atoms in total. The molecule has 0 radical (unpaired) electrons. The monoisotopic (exact) mass is 469 g/mol. The van der Waals surface area contributed by atoms with Crippen LogP contribution in [-0.2, 0) is 11.8 Å². The Bertz CT molecular complexity index is 1170. The van der Waals surface area contributed by atoms with Crippen LogP contribution >= 0.6 is 0 Å². The van der Waals surface area contributed by atoms with Crippen LogP contribution in [-0.4, -0.2) is 15.7 Å². The van der Waals surface area contributed by atoms with Crippen LogP contribution in [0.3, 0.4) is 0 Å². The number of aryl methyl sites for hydroxylation is 3. The van der Waals surface area contributed by atoms with Crippen LogP contribution in [0.1, 0.15) is 93.7 Å². The molecule has 0 aliphatic heterocycles. The van der Waals surface area contributed by atoms with Crippen LogP contribution < -0.4 is 0 Å². The largest absolute Gasteiger partial charge is 0.386 e.